The molecule has 4 N–H and O–H groups in total. The lowest BCUT2D eigenvalue weighted by molar-refractivity contribution is -0.305. The summed E-state index contributed by atoms with van der Waals surface area (Å²) in [6.07, 6.45) is 33.9. The van der Waals surface area contributed by atoms with Crippen molar-refractivity contribution in [3.8, 4) is 0 Å². The average molecular weight is 827 g/mol. The van der Waals surface area contributed by atoms with Crippen LogP contribution in [0.4, 0.5) is 0 Å². The molecule has 0 aromatic carbocycles. The number of ether oxygens (including phenoxy) is 4. The highest BCUT2D eigenvalue weighted by Crippen LogP contribution is 2.23. The van der Waals surface area contributed by atoms with Crippen LogP contribution in [0.1, 0.15) is 225 Å². The number of unbranched alkanes of at least 4 members (excludes halogenated alkanes) is 30. The van der Waals surface area contributed by atoms with Gasteiger partial charge in [-0.25, -0.2) is 0 Å². The molecule has 0 amide bonds. The fraction of sp³-hybridized carbons (Fsp3) is 0.917. The molecule has 0 aromatic rings. The molecule has 10 nitrogen and oxygen atoms in total. The first-order valence-corrected chi connectivity index (χ1v) is 24.2. The Morgan fingerprint density at radius 2 is 0.948 bits per heavy atom. The maximum Gasteiger partial charge on any atom is 0.306 e. The van der Waals surface area contributed by atoms with Gasteiger partial charge in [0.25, 0.3) is 0 Å². The van der Waals surface area contributed by atoms with Crippen LogP contribution in [0, 0.1) is 0 Å². The first-order valence-electron chi connectivity index (χ1n) is 24.2. The van der Waals surface area contributed by atoms with Gasteiger partial charge in [0.1, 0.15) is 31.0 Å². The summed E-state index contributed by atoms with van der Waals surface area (Å²) in [6, 6.07) is 0. The first kappa shape index (κ1) is 54.5. The zero-order chi connectivity index (χ0) is 42.3. The second-order valence-corrected chi connectivity index (χ2v) is 17.0. The number of rotatable bonds is 42. The summed E-state index contributed by atoms with van der Waals surface area (Å²) < 4.78 is 22.2. The molecule has 0 aromatic heterocycles. The van der Waals surface area contributed by atoms with Crippen LogP contribution in [0.5, 0.6) is 0 Å². The van der Waals surface area contributed by atoms with Gasteiger partial charge in [-0.15, -0.1) is 6.58 Å². The van der Waals surface area contributed by atoms with E-state index in [4.69, 9.17) is 18.9 Å². The first-order chi connectivity index (χ1) is 28.3. The topological polar surface area (TPSA) is 152 Å². The zero-order valence-electron chi connectivity index (χ0n) is 37.1. The van der Waals surface area contributed by atoms with E-state index >= 15 is 0 Å². The van der Waals surface area contributed by atoms with E-state index in [2.05, 4.69) is 13.5 Å². The number of aliphatic hydroxyl groups is 4. The SMILES string of the molecule is C=CCCCCCCCCCCCCCCCC(=O)O[C@@H](COC(=O)CCCCCCCCCCCCCCCCCCCC)CO[C@H]1O[C@@H](CO)[C@@H](O)C(O)C1O. The van der Waals surface area contributed by atoms with Gasteiger partial charge in [0, 0.05) is 12.8 Å². The molecule has 10 heteroatoms. The molecule has 1 heterocycles. The lowest BCUT2D eigenvalue weighted by Gasteiger charge is -2.39. The third-order valence-electron chi connectivity index (χ3n) is 11.5. The molecule has 0 saturated carbocycles. The Kier molecular flexibility index (Phi) is 37.2. The van der Waals surface area contributed by atoms with Crippen molar-refractivity contribution in [3.05, 3.63) is 12.7 Å². The normalized spacial score (nSPS) is 19.9. The van der Waals surface area contributed by atoms with Crippen LogP contribution in [-0.2, 0) is 28.5 Å². The van der Waals surface area contributed by atoms with E-state index < -0.39 is 49.4 Å². The third kappa shape index (κ3) is 30.5. The van der Waals surface area contributed by atoms with Crippen molar-refractivity contribution in [1.29, 1.82) is 0 Å². The van der Waals surface area contributed by atoms with Crippen LogP contribution in [-0.4, -0.2) is 89.0 Å². The van der Waals surface area contributed by atoms with Crippen molar-refractivity contribution >= 4 is 11.9 Å². The molecule has 58 heavy (non-hydrogen) atoms. The van der Waals surface area contributed by atoms with Crippen molar-refractivity contribution in [2.75, 3.05) is 19.8 Å². The fourth-order valence-corrected chi connectivity index (χ4v) is 7.70. The van der Waals surface area contributed by atoms with Gasteiger partial charge in [0.15, 0.2) is 12.4 Å². The highest BCUT2D eigenvalue weighted by atomic mass is 16.7. The highest BCUT2D eigenvalue weighted by Gasteiger charge is 2.44. The highest BCUT2D eigenvalue weighted by molar-refractivity contribution is 5.70. The predicted octanol–water partition coefficient (Wildman–Crippen LogP) is 10.7. The Hall–Kier alpha value is -1.56. The average Bonchev–Trinajstić information content (AvgIpc) is 3.22. The van der Waals surface area contributed by atoms with Gasteiger partial charge >= 0.3 is 11.9 Å². The molecule has 1 fully saturated rings. The molecule has 1 rings (SSSR count). The maximum absolute atomic E-state index is 12.8. The smallest absolute Gasteiger partial charge is 0.306 e. The van der Waals surface area contributed by atoms with E-state index in [9.17, 15) is 30.0 Å². The second kappa shape index (κ2) is 39.6. The Labute approximate surface area is 354 Å². The summed E-state index contributed by atoms with van der Waals surface area (Å²) in [5.41, 5.74) is 0. The minimum Gasteiger partial charge on any atom is -0.462 e. The van der Waals surface area contributed by atoms with Gasteiger partial charge in [-0.1, -0.05) is 193 Å². The summed E-state index contributed by atoms with van der Waals surface area (Å²) in [4.78, 5) is 25.4. The molecule has 1 aliphatic heterocycles. The second-order valence-electron chi connectivity index (χ2n) is 17.0. The van der Waals surface area contributed by atoms with E-state index in [1.165, 1.54) is 154 Å². The van der Waals surface area contributed by atoms with E-state index in [0.717, 1.165) is 44.9 Å². The van der Waals surface area contributed by atoms with Gasteiger partial charge in [0.2, 0.25) is 0 Å². The third-order valence-corrected chi connectivity index (χ3v) is 11.5. The van der Waals surface area contributed by atoms with E-state index in [-0.39, 0.29) is 32.0 Å². The summed E-state index contributed by atoms with van der Waals surface area (Å²) in [7, 11) is 0. The summed E-state index contributed by atoms with van der Waals surface area (Å²) >= 11 is 0. The lowest BCUT2D eigenvalue weighted by Crippen LogP contribution is -2.59. The number of allylic oxidation sites excluding steroid dienone is 1. The standard InChI is InChI=1S/C48H90O10/c1-3-5-7-9-11-13-15-17-19-20-21-23-24-26-28-30-32-34-36-43(50)55-39-41(40-56-48-47(54)46(53)45(52)42(38-49)58-48)57-44(51)37-35-33-31-29-27-25-22-18-16-14-12-10-8-6-4-2/h4,41-42,45-49,52-54H,2-3,5-40H2,1H3/t41-,42-,45+,46?,47?,48-/m0/s1. The molecule has 1 saturated heterocycles. The molecule has 0 aliphatic carbocycles. The van der Waals surface area contributed by atoms with Crippen molar-refractivity contribution in [1.82, 2.24) is 0 Å². The van der Waals surface area contributed by atoms with Crippen LogP contribution in [0.15, 0.2) is 12.7 Å². The number of hydrogen-bond donors (Lipinski definition) is 4. The molecule has 6 atom stereocenters. The molecule has 2 unspecified atom stereocenters. The van der Waals surface area contributed by atoms with Gasteiger partial charge < -0.3 is 39.4 Å². The zero-order valence-corrected chi connectivity index (χ0v) is 37.1. The largest absolute Gasteiger partial charge is 0.462 e. The molecule has 0 bridgehead atoms. The summed E-state index contributed by atoms with van der Waals surface area (Å²) in [6.45, 7) is 4.98. The lowest BCUT2D eigenvalue weighted by atomic mass is 9.99. The van der Waals surface area contributed by atoms with Crippen molar-refractivity contribution in [2.24, 2.45) is 0 Å². The molecule has 342 valence electrons. The van der Waals surface area contributed by atoms with Gasteiger partial charge in [0.05, 0.1) is 13.2 Å². The van der Waals surface area contributed by atoms with Crippen LogP contribution in [0.2, 0.25) is 0 Å². The minimum absolute atomic E-state index is 0.212. The Morgan fingerprint density at radius 3 is 1.36 bits per heavy atom. The van der Waals surface area contributed by atoms with Crippen LogP contribution < -0.4 is 0 Å². The summed E-state index contributed by atoms with van der Waals surface area (Å²) in [5.74, 6) is -0.795. The van der Waals surface area contributed by atoms with E-state index in [0.29, 0.717) is 6.42 Å². The molecular formula is C48H90O10. The number of carbonyl (C=O) groups is 2. The maximum atomic E-state index is 12.8. The van der Waals surface area contributed by atoms with Crippen molar-refractivity contribution in [3.63, 3.8) is 0 Å². The quantitative estimate of drug-likeness (QED) is 0.0266. The van der Waals surface area contributed by atoms with Crippen LogP contribution in [0.3, 0.4) is 0 Å². The number of aliphatic hydroxyl groups excluding tert-OH is 4. The van der Waals surface area contributed by atoms with Crippen molar-refractivity contribution in [2.45, 2.75) is 262 Å². The van der Waals surface area contributed by atoms with Crippen LogP contribution in [0.25, 0.3) is 0 Å². The monoisotopic (exact) mass is 827 g/mol. The van der Waals surface area contributed by atoms with Gasteiger partial charge in [-0.2, -0.15) is 0 Å². The van der Waals surface area contributed by atoms with Gasteiger partial charge in [-0.05, 0) is 25.7 Å². The Morgan fingerprint density at radius 1 is 0.552 bits per heavy atom. The predicted molar refractivity (Wildman–Crippen MR) is 233 cm³/mol. The summed E-state index contributed by atoms with van der Waals surface area (Å²) in [5, 5.41) is 40.1. The van der Waals surface area contributed by atoms with Crippen molar-refractivity contribution < 1.29 is 49.0 Å². The Bertz CT molecular complexity index is 945. The molecular weight excluding hydrogens is 737 g/mol. The van der Waals surface area contributed by atoms with E-state index in [1.807, 2.05) is 6.08 Å². The number of esters is 2. The molecule has 1 aliphatic rings. The minimum atomic E-state index is -1.59. The number of hydrogen-bond acceptors (Lipinski definition) is 10. The van der Waals surface area contributed by atoms with E-state index in [1.54, 1.807) is 0 Å². The molecule has 0 spiro atoms. The fourth-order valence-electron chi connectivity index (χ4n) is 7.70. The van der Waals surface area contributed by atoms with Crippen LogP contribution >= 0.6 is 0 Å². The molecule has 0 radical (unpaired) electrons. The number of carbonyl (C=O) groups excluding carboxylic acids is 2. The van der Waals surface area contributed by atoms with Gasteiger partial charge in [-0.3, -0.25) is 9.59 Å². The Balaban J connectivity index is 2.26.